The van der Waals surface area contributed by atoms with Crippen molar-refractivity contribution in [2.75, 3.05) is 13.7 Å². The standard InChI is InChI=1S/C24H17Cl2NO4/c1-29-20-8-5-17(6-9-20)18(14-27)11-16-3-2-4-21(12-16)31-24(28)15-30-23-10-7-19(25)13-22(23)26/h2-13H,15H2,1H3/b18-11-. The summed E-state index contributed by atoms with van der Waals surface area (Å²) in [5.41, 5.74) is 1.92. The summed E-state index contributed by atoms with van der Waals surface area (Å²) in [6.07, 6.45) is 1.71. The van der Waals surface area contributed by atoms with Gasteiger partial charge in [-0.25, -0.2) is 4.79 Å². The van der Waals surface area contributed by atoms with Crippen molar-refractivity contribution in [3.63, 3.8) is 0 Å². The molecule has 3 aromatic carbocycles. The van der Waals surface area contributed by atoms with Crippen LogP contribution >= 0.6 is 23.2 Å². The Morgan fingerprint density at radius 2 is 1.81 bits per heavy atom. The maximum absolute atomic E-state index is 12.1. The van der Waals surface area contributed by atoms with Crippen LogP contribution in [0.3, 0.4) is 0 Å². The molecule has 0 amide bonds. The first-order chi connectivity index (χ1) is 15.0. The second-order valence-corrected chi connectivity index (χ2v) is 7.15. The molecule has 31 heavy (non-hydrogen) atoms. The van der Waals surface area contributed by atoms with E-state index in [9.17, 15) is 10.1 Å². The zero-order valence-electron chi connectivity index (χ0n) is 16.5. The van der Waals surface area contributed by atoms with Crippen molar-refractivity contribution in [1.29, 1.82) is 5.26 Å². The lowest BCUT2D eigenvalue weighted by molar-refractivity contribution is -0.136. The van der Waals surface area contributed by atoms with Crippen LogP contribution in [0, 0.1) is 11.3 Å². The van der Waals surface area contributed by atoms with E-state index in [2.05, 4.69) is 6.07 Å². The fourth-order valence-corrected chi connectivity index (χ4v) is 3.14. The van der Waals surface area contributed by atoms with E-state index in [1.807, 2.05) is 6.07 Å². The number of carbonyl (C=O) groups is 1. The van der Waals surface area contributed by atoms with Crippen molar-refractivity contribution in [1.82, 2.24) is 0 Å². The van der Waals surface area contributed by atoms with E-state index in [1.54, 1.807) is 67.8 Å². The fraction of sp³-hybridized carbons (Fsp3) is 0.0833. The summed E-state index contributed by atoms with van der Waals surface area (Å²) < 4.78 is 15.9. The predicted octanol–water partition coefficient (Wildman–Crippen LogP) is 6.05. The second-order valence-electron chi connectivity index (χ2n) is 6.31. The van der Waals surface area contributed by atoms with Crippen molar-refractivity contribution in [2.24, 2.45) is 0 Å². The molecule has 3 rings (SSSR count). The van der Waals surface area contributed by atoms with Gasteiger partial charge in [-0.15, -0.1) is 0 Å². The number of hydrogen-bond acceptors (Lipinski definition) is 5. The van der Waals surface area contributed by atoms with Gasteiger partial charge in [0.15, 0.2) is 6.61 Å². The molecule has 0 spiro atoms. The highest BCUT2D eigenvalue weighted by Gasteiger charge is 2.10. The molecular formula is C24H17Cl2NO4. The van der Waals surface area contributed by atoms with Gasteiger partial charge in [0, 0.05) is 5.02 Å². The highest BCUT2D eigenvalue weighted by molar-refractivity contribution is 6.35. The zero-order chi connectivity index (χ0) is 22.2. The maximum atomic E-state index is 12.1. The lowest BCUT2D eigenvalue weighted by atomic mass is 10.0. The second kappa shape index (κ2) is 10.5. The summed E-state index contributed by atoms with van der Waals surface area (Å²) in [4.78, 5) is 12.1. The molecule has 156 valence electrons. The molecule has 0 heterocycles. The van der Waals surface area contributed by atoms with Crippen LogP contribution in [0.4, 0.5) is 0 Å². The summed E-state index contributed by atoms with van der Waals surface area (Å²) in [6, 6.07) is 20.9. The Morgan fingerprint density at radius 1 is 1.03 bits per heavy atom. The highest BCUT2D eigenvalue weighted by Crippen LogP contribution is 2.27. The molecule has 0 fully saturated rings. The molecule has 0 aromatic heterocycles. The molecule has 0 saturated carbocycles. The average Bonchev–Trinajstić information content (AvgIpc) is 2.77. The molecule has 0 saturated heterocycles. The largest absolute Gasteiger partial charge is 0.497 e. The van der Waals surface area contributed by atoms with E-state index < -0.39 is 5.97 Å². The molecule has 0 bridgehead atoms. The molecular weight excluding hydrogens is 437 g/mol. The van der Waals surface area contributed by atoms with Crippen molar-refractivity contribution < 1.29 is 19.0 Å². The minimum Gasteiger partial charge on any atom is -0.497 e. The number of ether oxygens (including phenoxy) is 3. The SMILES string of the molecule is COc1ccc(/C(C#N)=C\c2cccc(OC(=O)COc3ccc(Cl)cc3Cl)c2)cc1. The van der Waals surface area contributed by atoms with Crippen LogP contribution in [0.5, 0.6) is 17.2 Å². The van der Waals surface area contributed by atoms with E-state index in [-0.39, 0.29) is 6.61 Å². The number of carbonyl (C=O) groups excluding carboxylic acids is 1. The van der Waals surface area contributed by atoms with E-state index in [0.717, 1.165) is 5.56 Å². The lowest BCUT2D eigenvalue weighted by Gasteiger charge is -2.09. The van der Waals surface area contributed by atoms with Crippen molar-refractivity contribution in [3.05, 3.63) is 87.9 Å². The number of allylic oxidation sites excluding steroid dienone is 1. The topological polar surface area (TPSA) is 68.5 Å². The lowest BCUT2D eigenvalue weighted by Crippen LogP contribution is -2.17. The molecule has 0 atom stereocenters. The third-order valence-corrected chi connectivity index (χ3v) is 4.69. The summed E-state index contributed by atoms with van der Waals surface area (Å²) in [7, 11) is 1.58. The number of esters is 1. The fourth-order valence-electron chi connectivity index (χ4n) is 2.68. The minimum absolute atomic E-state index is 0.301. The van der Waals surface area contributed by atoms with Crippen LogP contribution in [-0.2, 0) is 4.79 Å². The van der Waals surface area contributed by atoms with E-state index in [4.69, 9.17) is 37.4 Å². The third-order valence-electron chi connectivity index (χ3n) is 4.16. The molecule has 0 aliphatic rings. The smallest absolute Gasteiger partial charge is 0.349 e. The van der Waals surface area contributed by atoms with Crippen LogP contribution in [-0.4, -0.2) is 19.7 Å². The molecule has 0 radical (unpaired) electrons. The van der Waals surface area contributed by atoms with Crippen LogP contribution in [0.25, 0.3) is 11.6 Å². The third kappa shape index (κ3) is 6.26. The van der Waals surface area contributed by atoms with Crippen LogP contribution in [0.15, 0.2) is 66.7 Å². The van der Waals surface area contributed by atoms with Crippen molar-refractivity contribution in [2.45, 2.75) is 0 Å². The number of hydrogen-bond donors (Lipinski definition) is 0. The van der Waals surface area contributed by atoms with Crippen molar-refractivity contribution >= 4 is 40.8 Å². The van der Waals surface area contributed by atoms with Gasteiger partial charge < -0.3 is 14.2 Å². The first-order valence-corrected chi connectivity index (χ1v) is 9.89. The first-order valence-electron chi connectivity index (χ1n) is 9.13. The van der Waals surface area contributed by atoms with Gasteiger partial charge in [0.25, 0.3) is 0 Å². The number of rotatable bonds is 7. The quantitative estimate of drug-likeness (QED) is 0.188. The Kier molecular flexibility index (Phi) is 7.55. The van der Waals surface area contributed by atoms with E-state index >= 15 is 0 Å². The van der Waals surface area contributed by atoms with Crippen LogP contribution in [0.1, 0.15) is 11.1 Å². The normalized spacial score (nSPS) is 10.8. The summed E-state index contributed by atoms with van der Waals surface area (Å²) in [5.74, 6) is 0.772. The van der Waals surface area contributed by atoms with Crippen LogP contribution < -0.4 is 14.2 Å². The minimum atomic E-state index is -0.595. The number of nitrogens with zero attached hydrogens (tertiary/aromatic N) is 1. The Bertz CT molecular complexity index is 1150. The van der Waals surface area contributed by atoms with Gasteiger partial charge in [0.1, 0.15) is 17.2 Å². The van der Waals surface area contributed by atoms with E-state index in [1.165, 1.54) is 6.07 Å². The summed E-state index contributed by atoms with van der Waals surface area (Å²) >= 11 is 11.9. The molecule has 0 N–H and O–H groups in total. The molecule has 3 aromatic rings. The summed E-state index contributed by atoms with van der Waals surface area (Å²) in [5, 5.41) is 10.3. The van der Waals surface area contributed by atoms with Gasteiger partial charge in [0.05, 0.1) is 23.8 Å². The van der Waals surface area contributed by atoms with Gasteiger partial charge in [0.2, 0.25) is 0 Å². The van der Waals surface area contributed by atoms with E-state index in [0.29, 0.717) is 38.4 Å². The highest BCUT2D eigenvalue weighted by atomic mass is 35.5. The van der Waals surface area contributed by atoms with Crippen molar-refractivity contribution in [3.8, 4) is 23.3 Å². The molecule has 0 aliphatic heterocycles. The monoisotopic (exact) mass is 453 g/mol. The number of benzene rings is 3. The maximum Gasteiger partial charge on any atom is 0.349 e. The van der Waals surface area contributed by atoms with Gasteiger partial charge >= 0.3 is 5.97 Å². The number of halogens is 2. The number of methoxy groups -OCH3 is 1. The summed E-state index contributed by atoms with van der Waals surface area (Å²) in [6.45, 7) is -0.323. The van der Waals surface area contributed by atoms with Gasteiger partial charge in [-0.1, -0.05) is 35.3 Å². The molecule has 7 heteroatoms. The van der Waals surface area contributed by atoms with Gasteiger partial charge in [-0.2, -0.15) is 5.26 Å². The van der Waals surface area contributed by atoms with Gasteiger partial charge in [-0.3, -0.25) is 0 Å². The Morgan fingerprint density at radius 3 is 2.48 bits per heavy atom. The molecule has 0 unspecified atom stereocenters. The number of nitriles is 1. The molecule has 5 nitrogen and oxygen atoms in total. The average molecular weight is 454 g/mol. The Labute approximate surface area is 190 Å². The molecule has 0 aliphatic carbocycles. The van der Waals surface area contributed by atoms with Gasteiger partial charge in [-0.05, 0) is 71.8 Å². The Hall–Kier alpha value is -3.46. The zero-order valence-corrected chi connectivity index (χ0v) is 18.0. The van der Waals surface area contributed by atoms with Crippen LogP contribution in [0.2, 0.25) is 10.0 Å². The first kappa shape index (κ1) is 22.2. The predicted molar refractivity (Wildman–Crippen MR) is 121 cm³/mol. The Balaban J connectivity index is 1.68.